The average molecular weight is 350 g/mol. The molecule has 0 fully saturated rings. The van der Waals surface area contributed by atoms with E-state index in [9.17, 15) is 4.79 Å². The van der Waals surface area contributed by atoms with Crippen molar-refractivity contribution in [3.8, 4) is 5.75 Å². The van der Waals surface area contributed by atoms with Crippen LogP contribution >= 0.6 is 11.8 Å². The van der Waals surface area contributed by atoms with Gasteiger partial charge in [-0.25, -0.2) is 4.98 Å². The van der Waals surface area contributed by atoms with Gasteiger partial charge in [0, 0.05) is 18.0 Å². The molecule has 0 radical (unpaired) electrons. The summed E-state index contributed by atoms with van der Waals surface area (Å²) in [6, 6.07) is 22.7. The summed E-state index contributed by atoms with van der Waals surface area (Å²) in [6.07, 6.45) is 1.73. The van der Waals surface area contributed by atoms with Crippen LogP contribution < -0.4 is 10.1 Å². The number of anilines is 1. The van der Waals surface area contributed by atoms with Crippen LogP contribution in [0.15, 0.2) is 84.0 Å². The van der Waals surface area contributed by atoms with Crippen LogP contribution in [-0.4, -0.2) is 18.0 Å². The molecular weight excluding hydrogens is 332 g/mol. The fraction of sp³-hybridized carbons (Fsp3) is 0.100. The Kier molecular flexibility index (Phi) is 5.69. The normalized spacial score (nSPS) is 11.6. The predicted octanol–water partition coefficient (Wildman–Crippen LogP) is 4.56. The summed E-state index contributed by atoms with van der Waals surface area (Å²) < 4.78 is 5.21. The van der Waals surface area contributed by atoms with E-state index in [2.05, 4.69) is 10.3 Å². The van der Waals surface area contributed by atoms with Gasteiger partial charge in [0.05, 0.1) is 12.1 Å². The summed E-state index contributed by atoms with van der Waals surface area (Å²) in [5.41, 5.74) is 1.63. The van der Waals surface area contributed by atoms with Gasteiger partial charge in [-0.2, -0.15) is 0 Å². The highest BCUT2D eigenvalue weighted by Gasteiger charge is 2.22. The third kappa shape index (κ3) is 4.61. The lowest BCUT2D eigenvalue weighted by atomic mass is 10.1. The molecule has 3 aromatic rings. The van der Waals surface area contributed by atoms with Crippen molar-refractivity contribution in [2.24, 2.45) is 0 Å². The first-order valence-electron chi connectivity index (χ1n) is 7.84. The Hall–Kier alpha value is -2.79. The number of carbonyl (C=O) groups is 1. The van der Waals surface area contributed by atoms with Crippen LogP contribution in [0.4, 0.5) is 5.69 Å². The molecule has 1 amide bonds. The number of thioether (sulfide) groups is 1. The first-order valence-corrected chi connectivity index (χ1v) is 8.72. The van der Waals surface area contributed by atoms with Crippen LogP contribution in [0.1, 0.15) is 10.8 Å². The summed E-state index contributed by atoms with van der Waals surface area (Å²) in [5.74, 6) is 0.599. The minimum absolute atomic E-state index is 0.102. The van der Waals surface area contributed by atoms with E-state index in [1.807, 2.05) is 66.7 Å². The predicted molar refractivity (Wildman–Crippen MR) is 101 cm³/mol. The van der Waals surface area contributed by atoms with Gasteiger partial charge < -0.3 is 10.1 Å². The third-order valence-electron chi connectivity index (χ3n) is 3.55. The molecule has 126 valence electrons. The van der Waals surface area contributed by atoms with Gasteiger partial charge in [0.25, 0.3) is 0 Å². The molecule has 0 bridgehead atoms. The molecule has 0 aliphatic rings. The molecule has 0 spiro atoms. The van der Waals surface area contributed by atoms with Crippen molar-refractivity contribution < 1.29 is 9.53 Å². The van der Waals surface area contributed by atoms with E-state index in [0.717, 1.165) is 10.6 Å². The number of pyridine rings is 1. The fourth-order valence-electron chi connectivity index (χ4n) is 2.35. The largest absolute Gasteiger partial charge is 0.497 e. The summed E-state index contributed by atoms with van der Waals surface area (Å²) in [6.45, 7) is 0. The molecule has 5 heteroatoms. The first kappa shape index (κ1) is 17.0. The van der Waals surface area contributed by atoms with Crippen molar-refractivity contribution in [2.75, 3.05) is 12.4 Å². The van der Waals surface area contributed by atoms with E-state index < -0.39 is 5.25 Å². The van der Waals surface area contributed by atoms with Crippen molar-refractivity contribution in [1.82, 2.24) is 4.98 Å². The van der Waals surface area contributed by atoms with Gasteiger partial charge in [-0.05, 0) is 29.8 Å². The van der Waals surface area contributed by atoms with Crippen LogP contribution in [0.2, 0.25) is 0 Å². The summed E-state index contributed by atoms with van der Waals surface area (Å²) in [5, 5.41) is 3.37. The molecule has 1 heterocycles. The molecule has 0 saturated carbocycles. The van der Waals surface area contributed by atoms with E-state index in [4.69, 9.17) is 4.74 Å². The van der Waals surface area contributed by atoms with E-state index in [1.165, 1.54) is 11.8 Å². The Bertz CT molecular complexity index is 825. The number of rotatable bonds is 6. The van der Waals surface area contributed by atoms with E-state index >= 15 is 0 Å². The number of hydrogen-bond donors (Lipinski definition) is 1. The van der Waals surface area contributed by atoms with E-state index in [1.54, 1.807) is 19.4 Å². The Morgan fingerprint density at radius 1 is 1.04 bits per heavy atom. The van der Waals surface area contributed by atoms with Gasteiger partial charge in [0.1, 0.15) is 11.0 Å². The molecule has 25 heavy (non-hydrogen) atoms. The van der Waals surface area contributed by atoms with Crippen molar-refractivity contribution >= 4 is 23.4 Å². The zero-order valence-electron chi connectivity index (χ0n) is 13.8. The maximum absolute atomic E-state index is 12.9. The number of carbonyl (C=O) groups excluding carboxylic acids is 1. The van der Waals surface area contributed by atoms with Crippen LogP contribution in [0, 0.1) is 0 Å². The second kappa shape index (κ2) is 8.35. The molecule has 0 saturated heterocycles. The molecule has 1 aromatic heterocycles. The maximum Gasteiger partial charge on any atom is 0.242 e. The number of methoxy groups -OCH3 is 1. The molecular formula is C20H18N2O2S. The standard InChI is InChI=1S/C20H18N2O2S/c1-24-17-11-7-10-16(14-17)22-20(23)19(15-8-3-2-4-9-15)25-18-12-5-6-13-21-18/h2-14,19H,1H3,(H,22,23)/t19-/m0/s1. The number of hydrogen-bond acceptors (Lipinski definition) is 4. The zero-order valence-corrected chi connectivity index (χ0v) is 14.6. The highest BCUT2D eigenvalue weighted by Crippen LogP contribution is 2.35. The minimum Gasteiger partial charge on any atom is -0.497 e. The molecule has 0 aliphatic carbocycles. The Balaban J connectivity index is 1.84. The monoisotopic (exact) mass is 350 g/mol. The zero-order chi connectivity index (χ0) is 17.5. The van der Waals surface area contributed by atoms with Gasteiger partial charge in [-0.3, -0.25) is 4.79 Å². The molecule has 0 aliphatic heterocycles. The van der Waals surface area contributed by atoms with Crippen LogP contribution in [-0.2, 0) is 4.79 Å². The topological polar surface area (TPSA) is 51.2 Å². The van der Waals surface area contributed by atoms with Crippen LogP contribution in [0.3, 0.4) is 0 Å². The number of benzene rings is 2. The summed E-state index contributed by atoms with van der Waals surface area (Å²) in [7, 11) is 1.60. The highest BCUT2D eigenvalue weighted by molar-refractivity contribution is 8.00. The summed E-state index contributed by atoms with van der Waals surface area (Å²) >= 11 is 1.42. The number of amides is 1. The van der Waals surface area contributed by atoms with E-state index in [0.29, 0.717) is 11.4 Å². The van der Waals surface area contributed by atoms with Gasteiger partial charge in [0.15, 0.2) is 0 Å². The highest BCUT2D eigenvalue weighted by atomic mass is 32.2. The average Bonchev–Trinajstić information content (AvgIpc) is 2.67. The van der Waals surface area contributed by atoms with Crippen molar-refractivity contribution in [3.63, 3.8) is 0 Å². The number of aromatic nitrogens is 1. The SMILES string of the molecule is COc1cccc(NC(=O)[C@@H](Sc2ccccn2)c2ccccc2)c1. The summed E-state index contributed by atoms with van der Waals surface area (Å²) in [4.78, 5) is 17.2. The number of nitrogens with zero attached hydrogens (tertiary/aromatic N) is 1. The molecule has 1 atom stereocenters. The van der Waals surface area contributed by atoms with Crippen LogP contribution in [0.5, 0.6) is 5.75 Å². The van der Waals surface area contributed by atoms with Crippen molar-refractivity contribution in [1.29, 1.82) is 0 Å². The van der Waals surface area contributed by atoms with Crippen molar-refractivity contribution in [3.05, 3.63) is 84.6 Å². The first-order chi connectivity index (χ1) is 12.3. The van der Waals surface area contributed by atoms with Gasteiger partial charge in [-0.15, -0.1) is 0 Å². The maximum atomic E-state index is 12.9. The lowest BCUT2D eigenvalue weighted by Crippen LogP contribution is -2.19. The quantitative estimate of drug-likeness (QED) is 0.662. The Morgan fingerprint density at radius 3 is 2.56 bits per heavy atom. The molecule has 3 rings (SSSR count). The van der Waals surface area contributed by atoms with Crippen molar-refractivity contribution in [2.45, 2.75) is 10.3 Å². The second-order valence-corrected chi connectivity index (χ2v) is 6.42. The van der Waals surface area contributed by atoms with Gasteiger partial charge in [-0.1, -0.05) is 54.2 Å². The Labute approximate surface area is 151 Å². The van der Waals surface area contributed by atoms with Gasteiger partial charge >= 0.3 is 0 Å². The van der Waals surface area contributed by atoms with E-state index in [-0.39, 0.29) is 5.91 Å². The minimum atomic E-state index is -0.401. The lowest BCUT2D eigenvalue weighted by molar-refractivity contribution is -0.115. The van der Waals surface area contributed by atoms with Crippen LogP contribution in [0.25, 0.3) is 0 Å². The molecule has 2 aromatic carbocycles. The molecule has 1 N–H and O–H groups in total. The lowest BCUT2D eigenvalue weighted by Gasteiger charge is -2.17. The van der Waals surface area contributed by atoms with Gasteiger partial charge in [0.2, 0.25) is 5.91 Å². The number of nitrogens with one attached hydrogen (secondary N) is 1. The smallest absolute Gasteiger partial charge is 0.242 e. The molecule has 0 unspecified atom stereocenters. The fourth-order valence-corrected chi connectivity index (χ4v) is 3.33. The molecule has 4 nitrogen and oxygen atoms in total. The Morgan fingerprint density at radius 2 is 1.84 bits per heavy atom. The number of ether oxygens (including phenoxy) is 1. The second-order valence-electron chi connectivity index (χ2n) is 5.30. The third-order valence-corrected chi connectivity index (χ3v) is 4.76.